The molecule has 0 bridgehead atoms. The zero-order chi connectivity index (χ0) is 12.7. The molecular formula is C13H10BrN3O. The van der Waals surface area contributed by atoms with Gasteiger partial charge in [0.05, 0.1) is 5.69 Å². The van der Waals surface area contributed by atoms with Crippen molar-refractivity contribution in [3.8, 4) is 5.69 Å². The number of H-pyrrole nitrogens is 1. The fourth-order valence-corrected chi connectivity index (χ4v) is 2.49. The largest absolute Gasteiger partial charge is 0.306 e. The Morgan fingerprint density at radius 1 is 1.22 bits per heavy atom. The molecule has 2 aromatic heterocycles. The van der Waals surface area contributed by atoms with Crippen LogP contribution in [-0.4, -0.2) is 14.5 Å². The summed E-state index contributed by atoms with van der Waals surface area (Å²) in [6.45, 7) is 1.91. The number of halogens is 1. The average Bonchev–Trinajstić information content (AvgIpc) is 2.66. The molecule has 0 unspecified atom stereocenters. The van der Waals surface area contributed by atoms with Crippen LogP contribution in [0.5, 0.6) is 0 Å². The molecule has 0 radical (unpaired) electrons. The number of nitrogens with one attached hydrogen (secondary N) is 1. The molecule has 0 saturated carbocycles. The Morgan fingerprint density at radius 2 is 2.00 bits per heavy atom. The van der Waals surface area contributed by atoms with Gasteiger partial charge in [0, 0.05) is 10.5 Å². The second-order valence-corrected chi connectivity index (χ2v) is 4.86. The molecule has 5 heteroatoms. The van der Waals surface area contributed by atoms with E-state index in [-0.39, 0.29) is 5.56 Å². The van der Waals surface area contributed by atoms with Gasteiger partial charge in [-0.05, 0) is 41.1 Å². The molecule has 3 aromatic rings. The highest BCUT2D eigenvalue weighted by atomic mass is 79.9. The topological polar surface area (TPSA) is 50.7 Å². The summed E-state index contributed by atoms with van der Waals surface area (Å²) in [7, 11) is 0. The number of imidazole rings is 1. The van der Waals surface area contributed by atoms with Gasteiger partial charge in [-0.1, -0.05) is 12.1 Å². The van der Waals surface area contributed by atoms with Crippen LogP contribution in [0, 0.1) is 6.92 Å². The minimum atomic E-state index is -0.129. The van der Waals surface area contributed by atoms with Crippen LogP contribution in [0.3, 0.4) is 0 Å². The molecule has 90 valence electrons. The van der Waals surface area contributed by atoms with E-state index in [9.17, 15) is 4.79 Å². The fraction of sp³-hybridized carbons (Fsp3) is 0.0769. The predicted molar refractivity (Wildman–Crippen MR) is 74.1 cm³/mol. The van der Waals surface area contributed by atoms with Crippen LogP contribution in [0.25, 0.3) is 16.9 Å². The minimum Gasteiger partial charge on any atom is -0.306 e. The van der Waals surface area contributed by atoms with Crippen LogP contribution in [0.1, 0.15) is 5.82 Å². The summed E-state index contributed by atoms with van der Waals surface area (Å²) in [6.07, 6.45) is 0. The molecule has 0 amide bonds. The highest BCUT2D eigenvalue weighted by Crippen LogP contribution is 2.25. The number of aromatic nitrogens is 3. The van der Waals surface area contributed by atoms with Gasteiger partial charge in [0.2, 0.25) is 5.56 Å². The molecule has 18 heavy (non-hydrogen) atoms. The lowest BCUT2D eigenvalue weighted by atomic mass is 10.3. The molecule has 1 aromatic carbocycles. The number of nitrogens with zero attached hydrogens (tertiary/aromatic N) is 2. The summed E-state index contributed by atoms with van der Waals surface area (Å²) in [5, 5.41) is 0. The number of hydrogen-bond acceptors (Lipinski definition) is 2. The zero-order valence-corrected chi connectivity index (χ0v) is 11.2. The molecule has 0 aliphatic carbocycles. The zero-order valence-electron chi connectivity index (χ0n) is 9.64. The summed E-state index contributed by atoms with van der Waals surface area (Å²) < 4.78 is 2.89. The van der Waals surface area contributed by atoms with Crippen molar-refractivity contribution in [2.45, 2.75) is 6.92 Å². The van der Waals surface area contributed by atoms with Gasteiger partial charge in [-0.15, -0.1) is 0 Å². The maximum Gasteiger partial charge on any atom is 0.249 e. The first kappa shape index (κ1) is 11.2. The highest BCUT2D eigenvalue weighted by molar-refractivity contribution is 9.10. The minimum absolute atomic E-state index is 0.129. The van der Waals surface area contributed by atoms with E-state index in [1.807, 2.05) is 35.8 Å². The molecule has 0 aliphatic rings. The number of hydrogen-bond donors (Lipinski definition) is 1. The van der Waals surface area contributed by atoms with Gasteiger partial charge in [-0.3, -0.25) is 9.36 Å². The first-order valence-corrected chi connectivity index (χ1v) is 6.29. The third kappa shape index (κ3) is 1.67. The lowest BCUT2D eigenvalue weighted by Crippen LogP contribution is -2.06. The van der Waals surface area contributed by atoms with Gasteiger partial charge >= 0.3 is 0 Å². The van der Waals surface area contributed by atoms with E-state index in [0.717, 1.165) is 21.5 Å². The number of rotatable bonds is 1. The summed E-state index contributed by atoms with van der Waals surface area (Å²) in [4.78, 5) is 18.7. The summed E-state index contributed by atoms with van der Waals surface area (Å²) in [5.74, 6) is 0.832. The first-order chi connectivity index (χ1) is 8.66. The van der Waals surface area contributed by atoms with E-state index in [2.05, 4.69) is 25.9 Å². The second kappa shape index (κ2) is 4.10. The smallest absolute Gasteiger partial charge is 0.249 e. The van der Waals surface area contributed by atoms with Crippen LogP contribution in [-0.2, 0) is 0 Å². The molecule has 0 aliphatic heterocycles. The fourth-order valence-electron chi connectivity index (χ4n) is 2.03. The van der Waals surface area contributed by atoms with E-state index in [4.69, 9.17) is 0 Å². The quantitative estimate of drug-likeness (QED) is 0.751. The van der Waals surface area contributed by atoms with Gasteiger partial charge in [0.15, 0.2) is 0 Å². The van der Waals surface area contributed by atoms with Crippen LogP contribution < -0.4 is 5.56 Å². The van der Waals surface area contributed by atoms with Crippen LogP contribution >= 0.6 is 15.9 Å². The number of benzene rings is 1. The number of fused-ring (bicyclic) bond motifs is 1. The lowest BCUT2D eigenvalue weighted by molar-refractivity contribution is 0.979. The maximum absolute atomic E-state index is 11.5. The van der Waals surface area contributed by atoms with E-state index >= 15 is 0 Å². The van der Waals surface area contributed by atoms with Gasteiger partial charge < -0.3 is 4.98 Å². The number of para-hydroxylation sites is 1. The van der Waals surface area contributed by atoms with Crippen molar-refractivity contribution in [2.24, 2.45) is 0 Å². The number of aryl methyl sites for hydroxylation is 1. The first-order valence-electron chi connectivity index (χ1n) is 5.50. The predicted octanol–water partition coefficient (Wildman–Crippen LogP) is 2.78. The molecule has 3 rings (SSSR count). The third-order valence-electron chi connectivity index (χ3n) is 2.80. The van der Waals surface area contributed by atoms with Crippen LogP contribution in [0.2, 0.25) is 0 Å². The standard InChI is InChI=1S/C13H10BrN3O/c1-8-15-10-6-7-12(18)16-13(10)17(8)11-5-3-2-4-9(11)14/h2-7H,1H3,(H,16,18). The van der Waals surface area contributed by atoms with Crippen molar-refractivity contribution in [1.29, 1.82) is 0 Å². The van der Waals surface area contributed by atoms with Gasteiger partial charge in [-0.2, -0.15) is 0 Å². The van der Waals surface area contributed by atoms with Crippen molar-refractivity contribution >= 4 is 27.1 Å². The number of pyridine rings is 1. The highest BCUT2D eigenvalue weighted by Gasteiger charge is 2.11. The van der Waals surface area contributed by atoms with E-state index < -0.39 is 0 Å². The van der Waals surface area contributed by atoms with Crippen molar-refractivity contribution in [3.05, 3.63) is 57.0 Å². The Labute approximate surface area is 111 Å². The van der Waals surface area contributed by atoms with Crippen LogP contribution in [0.4, 0.5) is 0 Å². The maximum atomic E-state index is 11.5. The third-order valence-corrected chi connectivity index (χ3v) is 3.47. The van der Waals surface area contributed by atoms with Crippen molar-refractivity contribution in [2.75, 3.05) is 0 Å². The van der Waals surface area contributed by atoms with E-state index in [1.165, 1.54) is 6.07 Å². The van der Waals surface area contributed by atoms with Crippen LogP contribution in [0.15, 0.2) is 45.7 Å². The Bertz CT molecular complexity index is 788. The Morgan fingerprint density at radius 3 is 2.78 bits per heavy atom. The monoisotopic (exact) mass is 303 g/mol. The van der Waals surface area contributed by atoms with Crippen molar-refractivity contribution in [1.82, 2.24) is 14.5 Å². The summed E-state index contributed by atoms with van der Waals surface area (Å²) in [6, 6.07) is 11.1. The molecule has 1 N–H and O–H groups in total. The normalized spacial score (nSPS) is 11.0. The van der Waals surface area contributed by atoms with E-state index in [0.29, 0.717) is 5.65 Å². The average molecular weight is 304 g/mol. The molecule has 0 saturated heterocycles. The molecule has 0 atom stereocenters. The van der Waals surface area contributed by atoms with E-state index in [1.54, 1.807) is 6.07 Å². The SMILES string of the molecule is Cc1nc2ccc(=O)[nH]c2n1-c1ccccc1Br. The second-order valence-electron chi connectivity index (χ2n) is 4.00. The van der Waals surface area contributed by atoms with Gasteiger partial charge in [0.25, 0.3) is 0 Å². The molecule has 2 heterocycles. The number of aromatic amines is 1. The Hall–Kier alpha value is -1.88. The van der Waals surface area contributed by atoms with Crippen molar-refractivity contribution in [3.63, 3.8) is 0 Å². The molecular weight excluding hydrogens is 294 g/mol. The molecule has 0 spiro atoms. The molecule has 0 fully saturated rings. The molecule has 4 nitrogen and oxygen atoms in total. The van der Waals surface area contributed by atoms with Crippen molar-refractivity contribution < 1.29 is 0 Å². The van der Waals surface area contributed by atoms with Gasteiger partial charge in [0.1, 0.15) is 17.0 Å². The summed E-state index contributed by atoms with van der Waals surface area (Å²) in [5.41, 5.74) is 2.32. The Kier molecular flexibility index (Phi) is 2.56. The Balaban J connectivity index is 2.42. The lowest BCUT2D eigenvalue weighted by Gasteiger charge is -2.08. The van der Waals surface area contributed by atoms with Gasteiger partial charge in [-0.25, -0.2) is 4.98 Å². The summed E-state index contributed by atoms with van der Waals surface area (Å²) >= 11 is 3.52.